The number of unbranched alkanes of at least 4 members (excludes halogenated alkanes) is 1. The summed E-state index contributed by atoms with van der Waals surface area (Å²) in [4.78, 5) is 0. The molecular formula is C15H23FO. The zero-order valence-corrected chi connectivity index (χ0v) is 11.0. The van der Waals surface area contributed by atoms with Crippen LogP contribution in [0.25, 0.3) is 0 Å². The summed E-state index contributed by atoms with van der Waals surface area (Å²) in [6.45, 7) is 6.16. The Morgan fingerprint density at radius 2 is 1.71 bits per heavy atom. The SMILES string of the molecule is CC(C)(C)C(O)CCCCc1ccc(F)cc1. The smallest absolute Gasteiger partial charge is 0.123 e. The summed E-state index contributed by atoms with van der Waals surface area (Å²) in [5, 5.41) is 9.87. The van der Waals surface area contributed by atoms with Crippen molar-refractivity contribution in [2.45, 2.75) is 52.6 Å². The highest BCUT2D eigenvalue weighted by atomic mass is 19.1. The van der Waals surface area contributed by atoms with Gasteiger partial charge in [0.1, 0.15) is 5.82 Å². The van der Waals surface area contributed by atoms with Crippen LogP contribution in [0.1, 0.15) is 45.6 Å². The molecule has 0 aliphatic heterocycles. The van der Waals surface area contributed by atoms with Gasteiger partial charge in [0.05, 0.1) is 6.10 Å². The van der Waals surface area contributed by atoms with Gasteiger partial charge in [-0.25, -0.2) is 4.39 Å². The molecule has 0 spiro atoms. The van der Waals surface area contributed by atoms with Crippen molar-refractivity contribution in [3.05, 3.63) is 35.6 Å². The van der Waals surface area contributed by atoms with Crippen LogP contribution in [0.15, 0.2) is 24.3 Å². The van der Waals surface area contributed by atoms with Gasteiger partial charge in [0, 0.05) is 0 Å². The third-order valence-electron chi connectivity index (χ3n) is 3.11. The molecule has 0 aliphatic carbocycles. The van der Waals surface area contributed by atoms with Crippen LogP contribution in [0.3, 0.4) is 0 Å². The van der Waals surface area contributed by atoms with E-state index in [1.807, 2.05) is 12.1 Å². The molecule has 0 saturated carbocycles. The molecule has 0 aliphatic rings. The van der Waals surface area contributed by atoms with Crippen molar-refractivity contribution in [1.29, 1.82) is 0 Å². The van der Waals surface area contributed by atoms with Crippen molar-refractivity contribution in [2.75, 3.05) is 0 Å². The Morgan fingerprint density at radius 3 is 2.24 bits per heavy atom. The van der Waals surface area contributed by atoms with E-state index in [1.54, 1.807) is 0 Å². The molecule has 1 atom stereocenters. The van der Waals surface area contributed by atoms with Crippen molar-refractivity contribution >= 4 is 0 Å². The van der Waals surface area contributed by atoms with Crippen molar-refractivity contribution < 1.29 is 9.50 Å². The van der Waals surface area contributed by atoms with Crippen molar-refractivity contribution in [1.82, 2.24) is 0 Å². The number of halogens is 1. The van der Waals surface area contributed by atoms with Gasteiger partial charge >= 0.3 is 0 Å². The average Bonchev–Trinajstić information content (AvgIpc) is 2.25. The van der Waals surface area contributed by atoms with E-state index in [9.17, 15) is 9.50 Å². The number of aliphatic hydroxyl groups excluding tert-OH is 1. The summed E-state index contributed by atoms with van der Waals surface area (Å²) < 4.78 is 12.7. The normalized spacial score (nSPS) is 13.7. The number of aliphatic hydroxyl groups is 1. The first-order chi connectivity index (χ1) is 7.89. The van der Waals surface area contributed by atoms with Gasteiger partial charge in [-0.1, -0.05) is 39.3 Å². The molecule has 0 bridgehead atoms. The summed E-state index contributed by atoms with van der Waals surface area (Å²) in [6.07, 6.45) is 3.60. The summed E-state index contributed by atoms with van der Waals surface area (Å²) >= 11 is 0. The molecule has 0 heterocycles. The lowest BCUT2D eigenvalue weighted by atomic mass is 9.86. The number of rotatable bonds is 5. The quantitative estimate of drug-likeness (QED) is 0.770. The van der Waals surface area contributed by atoms with E-state index in [0.29, 0.717) is 0 Å². The monoisotopic (exact) mass is 238 g/mol. The molecule has 0 amide bonds. The van der Waals surface area contributed by atoms with Gasteiger partial charge in [0.25, 0.3) is 0 Å². The van der Waals surface area contributed by atoms with Gasteiger partial charge in [-0.2, -0.15) is 0 Å². The molecule has 0 saturated heterocycles. The Balaban J connectivity index is 2.23. The predicted octanol–water partition coefficient (Wildman–Crippen LogP) is 3.95. The fourth-order valence-electron chi connectivity index (χ4n) is 1.75. The average molecular weight is 238 g/mol. The Hall–Kier alpha value is -0.890. The van der Waals surface area contributed by atoms with Crippen LogP contribution in [0.2, 0.25) is 0 Å². The largest absolute Gasteiger partial charge is 0.393 e. The summed E-state index contributed by atoms with van der Waals surface area (Å²) in [5.41, 5.74) is 1.13. The van der Waals surface area contributed by atoms with Crippen LogP contribution in [0.5, 0.6) is 0 Å². The highest BCUT2D eigenvalue weighted by Crippen LogP contribution is 2.23. The first-order valence-electron chi connectivity index (χ1n) is 6.32. The van der Waals surface area contributed by atoms with E-state index >= 15 is 0 Å². The van der Waals surface area contributed by atoms with Crippen LogP contribution < -0.4 is 0 Å². The van der Waals surface area contributed by atoms with Gasteiger partial charge in [-0.3, -0.25) is 0 Å². The van der Waals surface area contributed by atoms with Crippen LogP contribution >= 0.6 is 0 Å². The highest BCUT2D eigenvalue weighted by Gasteiger charge is 2.20. The fraction of sp³-hybridized carbons (Fsp3) is 0.600. The van der Waals surface area contributed by atoms with E-state index in [2.05, 4.69) is 20.8 Å². The van der Waals surface area contributed by atoms with E-state index < -0.39 is 0 Å². The van der Waals surface area contributed by atoms with Crippen molar-refractivity contribution in [2.24, 2.45) is 5.41 Å². The molecule has 1 aromatic rings. The van der Waals surface area contributed by atoms with Gasteiger partial charge < -0.3 is 5.11 Å². The summed E-state index contributed by atoms with van der Waals surface area (Å²) in [7, 11) is 0. The van der Waals surface area contributed by atoms with Crippen LogP contribution in [0.4, 0.5) is 4.39 Å². The van der Waals surface area contributed by atoms with Crippen molar-refractivity contribution in [3.8, 4) is 0 Å². The second-order valence-electron chi connectivity index (χ2n) is 5.75. The van der Waals surface area contributed by atoms with E-state index in [-0.39, 0.29) is 17.3 Å². The maximum Gasteiger partial charge on any atom is 0.123 e. The summed E-state index contributed by atoms with van der Waals surface area (Å²) in [5.74, 6) is -0.183. The van der Waals surface area contributed by atoms with Gasteiger partial charge in [0.2, 0.25) is 0 Å². The van der Waals surface area contributed by atoms with Crippen LogP contribution in [0, 0.1) is 11.2 Å². The van der Waals surface area contributed by atoms with Gasteiger partial charge in [-0.15, -0.1) is 0 Å². The Labute approximate surface area is 104 Å². The highest BCUT2D eigenvalue weighted by molar-refractivity contribution is 5.15. The molecule has 1 rings (SSSR count). The minimum atomic E-state index is -0.240. The molecule has 0 radical (unpaired) electrons. The second-order valence-corrected chi connectivity index (χ2v) is 5.75. The summed E-state index contributed by atoms with van der Waals surface area (Å²) in [6, 6.07) is 6.66. The molecule has 96 valence electrons. The predicted molar refractivity (Wildman–Crippen MR) is 69.4 cm³/mol. The molecule has 1 nitrogen and oxygen atoms in total. The number of hydrogen-bond acceptors (Lipinski definition) is 1. The standard InChI is InChI=1S/C15H23FO/c1-15(2,3)14(17)7-5-4-6-12-8-10-13(16)11-9-12/h8-11,14,17H,4-7H2,1-3H3. The molecule has 2 heteroatoms. The minimum Gasteiger partial charge on any atom is -0.393 e. The van der Waals surface area contributed by atoms with E-state index in [0.717, 1.165) is 31.2 Å². The molecule has 17 heavy (non-hydrogen) atoms. The Morgan fingerprint density at radius 1 is 1.12 bits per heavy atom. The van der Waals surface area contributed by atoms with Crippen LogP contribution in [-0.2, 0) is 6.42 Å². The first-order valence-corrected chi connectivity index (χ1v) is 6.32. The van der Waals surface area contributed by atoms with Crippen LogP contribution in [-0.4, -0.2) is 11.2 Å². The maximum absolute atomic E-state index is 12.7. The third kappa shape index (κ3) is 5.31. The third-order valence-corrected chi connectivity index (χ3v) is 3.11. The number of aryl methyl sites for hydroxylation is 1. The first kappa shape index (κ1) is 14.2. The van der Waals surface area contributed by atoms with Crippen molar-refractivity contribution in [3.63, 3.8) is 0 Å². The molecule has 0 aromatic heterocycles. The lowest BCUT2D eigenvalue weighted by Gasteiger charge is -2.25. The van der Waals surface area contributed by atoms with Gasteiger partial charge in [0.15, 0.2) is 0 Å². The molecule has 0 fully saturated rings. The maximum atomic E-state index is 12.7. The number of hydrogen-bond donors (Lipinski definition) is 1. The Bertz CT molecular complexity index is 324. The number of benzene rings is 1. The van der Waals surface area contributed by atoms with E-state index in [4.69, 9.17) is 0 Å². The lowest BCUT2D eigenvalue weighted by Crippen LogP contribution is -2.25. The zero-order valence-electron chi connectivity index (χ0n) is 11.0. The lowest BCUT2D eigenvalue weighted by molar-refractivity contribution is 0.0535. The van der Waals surface area contributed by atoms with E-state index in [1.165, 1.54) is 12.1 Å². The molecule has 1 unspecified atom stereocenters. The molecule has 1 aromatic carbocycles. The molecule has 1 N–H and O–H groups in total. The topological polar surface area (TPSA) is 20.2 Å². The zero-order chi connectivity index (χ0) is 12.9. The second kappa shape index (κ2) is 6.15. The Kier molecular flexibility index (Phi) is 5.13. The van der Waals surface area contributed by atoms with Gasteiger partial charge in [-0.05, 0) is 42.4 Å². The molecular weight excluding hydrogens is 215 g/mol. The minimum absolute atomic E-state index is 0.0319. The fourth-order valence-corrected chi connectivity index (χ4v) is 1.75.